The molecule has 0 spiro atoms. The van der Waals surface area contributed by atoms with Gasteiger partial charge in [-0.05, 0) is 6.92 Å². The highest BCUT2D eigenvalue weighted by Crippen LogP contribution is 2.08. The van der Waals surface area contributed by atoms with E-state index in [1.165, 1.54) is 4.90 Å². The van der Waals surface area contributed by atoms with Gasteiger partial charge in [0.05, 0.1) is 13.1 Å². The Hall–Kier alpha value is -1.68. The molecule has 0 aromatic heterocycles. The van der Waals surface area contributed by atoms with Crippen LogP contribution in [0.1, 0.15) is 28.8 Å². The minimum atomic E-state index is -0.955. The molecular formula is C15H19NO3. The Bertz CT molecular complexity index is 459. The van der Waals surface area contributed by atoms with Gasteiger partial charge >= 0.3 is 0 Å². The van der Waals surface area contributed by atoms with Crippen molar-refractivity contribution in [3.8, 4) is 0 Å². The quantitative estimate of drug-likeness (QED) is 0.724. The minimum absolute atomic E-state index is 0.127. The molecule has 1 heterocycles. The summed E-state index contributed by atoms with van der Waals surface area (Å²) in [6.07, 6.45) is 1.22. The third-order valence-corrected chi connectivity index (χ3v) is 3.81. The van der Waals surface area contributed by atoms with Crippen molar-refractivity contribution in [3.05, 3.63) is 35.4 Å². The van der Waals surface area contributed by atoms with Crippen LogP contribution in [-0.2, 0) is 4.79 Å². The van der Waals surface area contributed by atoms with Gasteiger partial charge in [0.1, 0.15) is 6.54 Å². The van der Waals surface area contributed by atoms with Gasteiger partial charge < -0.3 is 14.8 Å². The molecule has 0 atom stereocenters. The molecule has 1 aromatic rings. The first-order valence-electron chi connectivity index (χ1n) is 6.70. The molecular weight excluding hydrogens is 242 g/mol. The number of carboxylic acid groups (broad SMARTS) is 1. The number of aryl methyl sites for hydroxylation is 1. The second-order valence-corrected chi connectivity index (χ2v) is 5.31. The monoisotopic (exact) mass is 261 g/mol. The van der Waals surface area contributed by atoms with E-state index in [4.69, 9.17) is 0 Å². The molecule has 0 aliphatic carbocycles. The van der Waals surface area contributed by atoms with Crippen LogP contribution in [0.3, 0.4) is 0 Å². The summed E-state index contributed by atoms with van der Waals surface area (Å²) in [5.41, 5.74) is 1.87. The summed E-state index contributed by atoms with van der Waals surface area (Å²) < 4.78 is 0. The zero-order valence-electron chi connectivity index (χ0n) is 11.1. The third kappa shape index (κ3) is 3.64. The Labute approximate surface area is 113 Å². The number of carbonyl (C=O) groups excluding carboxylic acids is 2. The highest BCUT2D eigenvalue weighted by molar-refractivity contribution is 5.96. The third-order valence-electron chi connectivity index (χ3n) is 3.81. The van der Waals surface area contributed by atoms with E-state index in [0.717, 1.165) is 24.2 Å². The van der Waals surface area contributed by atoms with Crippen LogP contribution in [-0.4, -0.2) is 31.4 Å². The average molecular weight is 261 g/mol. The fourth-order valence-electron chi connectivity index (χ4n) is 2.51. The number of likely N-dealkylation sites (tertiary alicyclic amines) is 1. The topological polar surface area (TPSA) is 61.6 Å². The Morgan fingerprint density at radius 3 is 2.32 bits per heavy atom. The van der Waals surface area contributed by atoms with E-state index in [1.54, 1.807) is 0 Å². The molecule has 0 radical (unpaired) electrons. The first-order chi connectivity index (χ1) is 9.06. The van der Waals surface area contributed by atoms with Crippen LogP contribution in [0.5, 0.6) is 0 Å². The lowest BCUT2D eigenvalue weighted by Gasteiger charge is -2.29. The van der Waals surface area contributed by atoms with Crippen molar-refractivity contribution in [2.24, 2.45) is 5.92 Å². The highest BCUT2D eigenvalue weighted by Gasteiger charge is 2.24. The van der Waals surface area contributed by atoms with E-state index < -0.39 is 5.97 Å². The summed E-state index contributed by atoms with van der Waals surface area (Å²) in [6, 6.07) is 7.58. The molecule has 0 amide bonds. The lowest BCUT2D eigenvalue weighted by molar-refractivity contribution is -0.897. The molecule has 19 heavy (non-hydrogen) atoms. The Balaban J connectivity index is 1.87. The van der Waals surface area contributed by atoms with E-state index in [0.29, 0.717) is 19.4 Å². The van der Waals surface area contributed by atoms with Crippen LogP contribution in [0.2, 0.25) is 0 Å². The van der Waals surface area contributed by atoms with Gasteiger partial charge in [-0.1, -0.05) is 29.8 Å². The molecule has 0 saturated carbocycles. The molecule has 1 aliphatic heterocycles. The number of aliphatic carboxylic acids is 1. The minimum Gasteiger partial charge on any atom is -0.550 e. The maximum atomic E-state index is 12.1. The predicted octanol–water partition coefficient (Wildman–Crippen LogP) is -0.777. The number of Topliss-reactive ketones (excluding diaryl/α,β-unsaturated/α-hetero) is 1. The maximum Gasteiger partial charge on any atom is 0.216 e. The highest BCUT2D eigenvalue weighted by atomic mass is 16.4. The zero-order chi connectivity index (χ0) is 13.8. The summed E-state index contributed by atoms with van der Waals surface area (Å²) in [4.78, 5) is 24.0. The molecule has 1 aromatic carbocycles. The van der Waals surface area contributed by atoms with Gasteiger partial charge in [-0.25, -0.2) is 0 Å². The molecule has 1 aliphatic rings. The van der Waals surface area contributed by atoms with Crippen molar-refractivity contribution in [2.75, 3.05) is 19.6 Å². The van der Waals surface area contributed by atoms with Crippen LogP contribution in [0.25, 0.3) is 0 Å². The lowest BCUT2D eigenvalue weighted by Crippen LogP contribution is -3.14. The van der Waals surface area contributed by atoms with Gasteiger partial charge in [0.25, 0.3) is 0 Å². The SMILES string of the molecule is Cc1ccc(C(=O)C[NH+]2CCC(C(=O)[O-])CC2)cc1. The summed E-state index contributed by atoms with van der Waals surface area (Å²) in [6.45, 7) is 3.90. The van der Waals surface area contributed by atoms with Crippen molar-refractivity contribution in [2.45, 2.75) is 19.8 Å². The molecule has 102 valence electrons. The number of quaternary nitrogens is 1. The summed E-state index contributed by atoms with van der Waals surface area (Å²) in [5, 5.41) is 10.7. The van der Waals surface area contributed by atoms with Crippen molar-refractivity contribution >= 4 is 11.8 Å². The number of nitrogens with one attached hydrogen (secondary N) is 1. The van der Waals surface area contributed by atoms with Crippen molar-refractivity contribution in [1.82, 2.24) is 0 Å². The number of piperidine rings is 1. The number of carbonyl (C=O) groups is 2. The van der Waals surface area contributed by atoms with E-state index in [2.05, 4.69) is 0 Å². The first kappa shape index (κ1) is 13.7. The smallest absolute Gasteiger partial charge is 0.216 e. The van der Waals surface area contributed by atoms with Gasteiger partial charge in [0.2, 0.25) is 5.78 Å². The standard InChI is InChI=1S/C15H19NO3/c1-11-2-4-12(5-3-11)14(17)10-16-8-6-13(7-9-16)15(18)19/h2-5,13H,6-10H2,1H3,(H,18,19). The number of hydrogen-bond donors (Lipinski definition) is 1. The fourth-order valence-corrected chi connectivity index (χ4v) is 2.51. The second-order valence-electron chi connectivity index (χ2n) is 5.31. The Kier molecular flexibility index (Phi) is 4.32. The molecule has 0 unspecified atom stereocenters. The van der Waals surface area contributed by atoms with Gasteiger partial charge in [-0.2, -0.15) is 0 Å². The summed E-state index contributed by atoms with van der Waals surface area (Å²) >= 11 is 0. The first-order valence-corrected chi connectivity index (χ1v) is 6.70. The van der Waals surface area contributed by atoms with E-state index in [1.807, 2.05) is 31.2 Å². The van der Waals surface area contributed by atoms with Crippen LogP contribution in [0.15, 0.2) is 24.3 Å². The van der Waals surface area contributed by atoms with Gasteiger partial charge in [-0.15, -0.1) is 0 Å². The lowest BCUT2D eigenvalue weighted by atomic mass is 9.96. The Morgan fingerprint density at radius 1 is 1.21 bits per heavy atom. The average Bonchev–Trinajstić information content (AvgIpc) is 2.40. The molecule has 0 bridgehead atoms. The van der Waals surface area contributed by atoms with Crippen LogP contribution >= 0.6 is 0 Å². The van der Waals surface area contributed by atoms with E-state index >= 15 is 0 Å². The largest absolute Gasteiger partial charge is 0.550 e. The number of ketones is 1. The summed E-state index contributed by atoms with van der Waals surface area (Å²) in [5.74, 6) is -1.16. The van der Waals surface area contributed by atoms with E-state index in [9.17, 15) is 14.7 Å². The predicted molar refractivity (Wildman–Crippen MR) is 68.8 cm³/mol. The van der Waals surface area contributed by atoms with E-state index in [-0.39, 0.29) is 11.7 Å². The number of benzene rings is 1. The van der Waals surface area contributed by atoms with Crippen molar-refractivity contribution in [1.29, 1.82) is 0 Å². The van der Waals surface area contributed by atoms with Crippen LogP contribution < -0.4 is 10.0 Å². The zero-order valence-corrected chi connectivity index (χ0v) is 11.1. The molecule has 1 N–H and O–H groups in total. The number of carboxylic acids is 1. The maximum absolute atomic E-state index is 12.1. The molecule has 2 rings (SSSR count). The van der Waals surface area contributed by atoms with Crippen LogP contribution in [0.4, 0.5) is 0 Å². The molecule has 1 saturated heterocycles. The summed E-state index contributed by atoms with van der Waals surface area (Å²) in [7, 11) is 0. The number of rotatable bonds is 4. The normalized spacial score (nSPS) is 23.0. The van der Waals surface area contributed by atoms with Gasteiger partial charge in [0.15, 0.2) is 0 Å². The van der Waals surface area contributed by atoms with Crippen molar-refractivity contribution < 1.29 is 19.6 Å². The number of hydrogen-bond acceptors (Lipinski definition) is 3. The van der Waals surface area contributed by atoms with Gasteiger partial charge in [0, 0.05) is 30.3 Å². The fraction of sp³-hybridized carbons (Fsp3) is 0.467. The van der Waals surface area contributed by atoms with Gasteiger partial charge in [-0.3, -0.25) is 4.79 Å². The Morgan fingerprint density at radius 2 is 1.79 bits per heavy atom. The second kappa shape index (κ2) is 5.97. The molecule has 1 fully saturated rings. The van der Waals surface area contributed by atoms with Crippen molar-refractivity contribution in [3.63, 3.8) is 0 Å². The molecule has 4 nitrogen and oxygen atoms in total. The molecule has 4 heteroatoms. The van der Waals surface area contributed by atoms with Crippen LogP contribution in [0, 0.1) is 12.8 Å².